The van der Waals surface area contributed by atoms with Gasteiger partial charge in [-0.05, 0) is 43.5 Å². The van der Waals surface area contributed by atoms with Gasteiger partial charge < -0.3 is 20.1 Å². The third-order valence-corrected chi connectivity index (χ3v) is 7.19. The molecule has 1 unspecified atom stereocenters. The molecule has 0 amide bonds. The van der Waals surface area contributed by atoms with Crippen LogP contribution in [0.4, 0.5) is 0 Å². The van der Waals surface area contributed by atoms with Crippen LogP contribution < -0.4 is 0 Å². The van der Waals surface area contributed by atoms with Gasteiger partial charge in [0.25, 0.3) is 0 Å². The van der Waals surface area contributed by atoms with E-state index < -0.39 is 17.5 Å². The van der Waals surface area contributed by atoms with Gasteiger partial charge >= 0.3 is 11.9 Å². The van der Waals surface area contributed by atoms with Gasteiger partial charge in [-0.25, -0.2) is 9.59 Å². The number of nitrogens with zero attached hydrogens (tertiary/aromatic N) is 1. The Labute approximate surface area is 216 Å². The van der Waals surface area contributed by atoms with Crippen LogP contribution in [0.2, 0.25) is 0 Å². The summed E-state index contributed by atoms with van der Waals surface area (Å²) in [6, 6.07) is 26.7. The van der Waals surface area contributed by atoms with Crippen molar-refractivity contribution in [3.63, 3.8) is 0 Å². The van der Waals surface area contributed by atoms with Crippen molar-refractivity contribution in [2.45, 2.75) is 44.6 Å². The van der Waals surface area contributed by atoms with Crippen LogP contribution in [0.1, 0.15) is 34.2 Å². The normalized spacial score (nSPS) is 22.2. The first-order valence-corrected chi connectivity index (χ1v) is 12.4. The van der Waals surface area contributed by atoms with Gasteiger partial charge in [-0.15, -0.1) is 0 Å². The first-order valence-electron chi connectivity index (χ1n) is 12.4. The second-order valence-corrected chi connectivity index (χ2v) is 9.87. The van der Waals surface area contributed by atoms with Crippen LogP contribution in [0.15, 0.2) is 78.9 Å². The predicted molar refractivity (Wildman–Crippen MR) is 139 cm³/mol. The standard InChI is InChI=1S/C28H31NO2.C2H2O4/c1-20-15-21(2)17-22(16-20)19-31-26-23-13-14-29(18-23)27(26)28(30,24-9-5-3-6-10-24)25-11-7-4-8-12-25;3-1(4)2(5)6/h3-12,15-17,23,26-27,30H,13-14,18-19H2,1-2H3;(H,3,4)(H,5,6)/t23-,26+,27-;/m0./s1. The number of aryl methyl sites for hydroxylation is 2. The molecular weight excluding hydrogens is 470 g/mol. The molecule has 7 heteroatoms. The van der Waals surface area contributed by atoms with Crippen molar-refractivity contribution in [3.05, 3.63) is 107 Å². The molecule has 7 nitrogen and oxygen atoms in total. The molecule has 3 N–H and O–H groups in total. The number of rotatable bonds is 6. The lowest BCUT2D eigenvalue weighted by atomic mass is 9.75. The van der Waals surface area contributed by atoms with Crippen LogP contribution in [-0.2, 0) is 26.5 Å². The third kappa shape index (κ3) is 5.74. The van der Waals surface area contributed by atoms with Gasteiger partial charge in [-0.3, -0.25) is 4.90 Å². The summed E-state index contributed by atoms with van der Waals surface area (Å²) < 4.78 is 6.63. The summed E-state index contributed by atoms with van der Waals surface area (Å²) in [5.41, 5.74) is 4.47. The average Bonchev–Trinajstić information content (AvgIpc) is 3.50. The Balaban J connectivity index is 0.000000480. The molecule has 37 heavy (non-hydrogen) atoms. The van der Waals surface area contributed by atoms with E-state index in [1.807, 2.05) is 60.7 Å². The van der Waals surface area contributed by atoms with Crippen LogP contribution >= 0.6 is 0 Å². The number of carbonyl (C=O) groups is 2. The smallest absolute Gasteiger partial charge is 0.414 e. The second kappa shape index (κ2) is 11.3. The monoisotopic (exact) mass is 503 g/mol. The first-order chi connectivity index (χ1) is 17.7. The predicted octanol–water partition coefficient (Wildman–Crippen LogP) is 3.98. The molecule has 3 aromatic carbocycles. The Morgan fingerprint density at radius 2 is 1.41 bits per heavy atom. The number of benzene rings is 3. The molecule has 0 radical (unpaired) electrons. The molecule has 2 aliphatic rings. The number of carboxylic acids is 2. The summed E-state index contributed by atoms with van der Waals surface area (Å²) in [7, 11) is 0. The molecule has 5 rings (SSSR count). The summed E-state index contributed by atoms with van der Waals surface area (Å²) in [6.07, 6.45) is 1.12. The van der Waals surface area contributed by atoms with E-state index >= 15 is 0 Å². The highest BCUT2D eigenvalue weighted by Crippen LogP contribution is 2.47. The number of piperidine rings is 1. The maximum Gasteiger partial charge on any atom is 0.414 e. The van der Waals surface area contributed by atoms with E-state index in [2.05, 4.69) is 36.9 Å². The molecule has 2 saturated heterocycles. The molecule has 2 bridgehead atoms. The number of hydrogen-bond acceptors (Lipinski definition) is 5. The van der Waals surface area contributed by atoms with Gasteiger partial charge in [0.2, 0.25) is 0 Å². The molecular formula is C30H33NO6. The highest BCUT2D eigenvalue weighted by molar-refractivity contribution is 6.27. The minimum atomic E-state index is -1.82. The van der Waals surface area contributed by atoms with Crippen LogP contribution in [0.3, 0.4) is 0 Å². The maximum atomic E-state index is 12.4. The van der Waals surface area contributed by atoms with E-state index in [1.54, 1.807) is 0 Å². The van der Waals surface area contributed by atoms with Crippen molar-refractivity contribution < 1.29 is 29.6 Å². The molecule has 4 atom stereocenters. The summed E-state index contributed by atoms with van der Waals surface area (Å²) in [4.78, 5) is 20.6. The van der Waals surface area contributed by atoms with E-state index in [0.29, 0.717) is 12.5 Å². The summed E-state index contributed by atoms with van der Waals surface area (Å²) in [5, 5.41) is 27.2. The number of aliphatic hydroxyl groups is 1. The molecule has 0 aromatic heterocycles. The van der Waals surface area contributed by atoms with Crippen LogP contribution in [0.5, 0.6) is 0 Å². The minimum Gasteiger partial charge on any atom is -0.473 e. The van der Waals surface area contributed by atoms with Crippen LogP contribution in [0, 0.1) is 19.8 Å². The maximum absolute atomic E-state index is 12.4. The largest absolute Gasteiger partial charge is 0.473 e. The molecule has 0 spiro atoms. The first kappa shape index (κ1) is 26.5. The zero-order valence-corrected chi connectivity index (χ0v) is 21.1. The fourth-order valence-corrected chi connectivity index (χ4v) is 5.77. The third-order valence-electron chi connectivity index (χ3n) is 7.19. The van der Waals surface area contributed by atoms with Gasteiger partial charge in [0.15, 0.2) is 0 Å². The highest BCUT2D eigenvalue weighted by Gasteiger charge is 2.57. The van der Waals surface area contributed by atoms with Gasteiger partial charge in [-0.1, -0.05) is 90.0 Å². The number of fused-ring (bicyclic) bond motifs is 2. The molecule has 0 aliphatic carbocycles. The quantitative estimate of drug-likeness (QED) is 0.437. The molecule has 3 aromatic rings. The van der Waals surface area contributed by atoms with E-state index in [-0.39, 0.29) is 12.1 Å². The second-order valence-electron chi connectivity index (χ2n) is 9.87. The van der Waals surface area contributed by atoms with Gasteiger partial charge in [0.1, 0.15) is 5.60 Å². The Kier molecular flexibility index (Phi) is 8.07. The molecule has 194 valence electrons. The van der Waals surface area contributed by atoms with Crippen LogP contribution in [0.25, 0.3) is 0 Å². The summed E-state index contributed by atoms with van der Waals surface area (Å²) >= 11 is 0. The molecule has 2 aliphatic heterocycles. The van der Waals surface area contributed by atoms with E-state index in [4.69, 9.17) is 24.5 Å². The molecule has 2 fully saturated rings. The van der Waals surface area contributed by atoms with E-state index in [0.717, 1.165) is 30.6 Å². The van der Waals surface area contributed by atoms with Crippen molar-refractivity contribution in [2.75, 3.05) is 13.1 Å². The number of aliphatic carboxylic acids is 2. The van der Waals surface area contributed by atoms with Gasteiger partial charge in [-0.2, -0.15) is 0 Å². The number of hydrogen-bond donors (Lipinski definition) is 3. The van der Waals surface area contributed by atoms with Crippen molar-refractivity contribution in [1.29, 1.82) is 0 Å². The van der Waals surface area contributed by atoms with Crippen LogP contribution in [-0.4, -0.2) is 57.4 Å². The Morgan fingerprint density at radius 1 is 0.892 bits per heavy atom. The minimum absolute atomic E-state index is 0.0139. The van der Waals surface area contributed by atoms with Gasteiger partial charge in [0.05, 0.1) is 18.8 Å². The van der Waals surface area contributed by atoms with Crippen molar-refractivity contribution in [2.24, 2.45) is 5.92 Å². The lowest BCUT2D eigenvalue weighted by molar-refractivity contribution is -0.159. The Bertz CT molecular complexity index is 1160. The fourth-order valence-electron chi connectivity index (χ4n) is 5.77. The topological polar surface area (TPSA) is 107 Å². The van der Waals surface area contributed by atoms with Crippen molar-refractivity contribution in [3.8, 4) is 0 Å². The highest BCUT2D eigenvalue weighted by atomic mass is 16.5. The van der Waals surface area contributed by atoms with E-state index in [9.17, 15) is 5.11 Å². The average molecular weight is 504 g/mol. The Morgan fingerprint density at radius 3 is 1.89 bits per heavy atom. The fraction of sp³-hybridized carbons (Fsp3) is 0.333. The lowest BCUT2D eigenvalue weighted by Crippen LogP contribution is -2.55. The van der Waals surface area contributed by atoms with Crippen molar-refractivity contribution in [1.82, 2.24) is 4.90 Å². The summed E-state index contributed by atoms with van der Waals surface area (Å²) in [5.74, 6) is -3.19. The van der Waals surface area contributed by atoms with E-state index in [1.165, 1.54) is 16.7 Å². The SMILES string of the molecule is Cc1cc(C)cc(CO[C@@H]2[C@H]3CCN(C3)[C@@H]2C(O)(c2ccccc2)c2ccccc2)c1.O=C(O)C(=O)O. The Hall–Kier alpha value is -3.52. The molecule has 0 saturated carbocycles. The van der Waals surface area contributed by atoms with Crippen molar-refractivity contribution >= 4 is 11.9 Å². The zero-order chi connectivity index (χ0) is 26.6. The number of ether oxygens (including phenoxy) is 1. The van der Waals surface area contributed by atoms with Gasteiger partial charge in [0, 0.05) is 12.5 Å². The number of carboxylic acid groups (broad SMARTS) is 2. The lowest BCUT2D eigenvalue weighted by Gasteiger charge is -2.44. The zero-order valence-electron chi connectivity index (χ0n) is 21.1. The summed E-state index contributed by atoms with van der Waals surface area (Å²) in [6.45, 7) is 6.84. The molecule has 2 heterocycles.